The number of aryl methyl sites for hydroxylation is 1. The normalized spacial score (nSPS) is 11.0. The summed E-state index contributed by atoms with van der Waals surface area (Å²) in [5.74, 6) is 1.18. The van der Waals surface area contributed by atoms with Crippen LogP contribution in [-0.4, -0.2) is 25.3 Å². The summed E-state index contributed by atoms with van der Waals surface area (Å²) in [6.07, 6.45) is 2.00. The Balaban J connectivity index is 1.57. The number of nitrogen functional groups attached to an aromatic ring is 1. The minimum Gasteiger partial charge on any atom is -0.383 e. The van der Waals surface area contributed by atoms with Crippen LogP contribution in [0, 0.1) is 6.92 Å². The average molecular weight is 419 g/mol. The minimum absolute atomic E-state index is 0.0903. The van der Waals surface area contributed by atoms with E-state index in [1.165, 1.54) is 0 Å². The number of carbonyl (C=O) groups excluding carboxylic acids is 1. The van der Waals surface area contributed by atoms with Crippen LogP contribution in [0.3, 0.4) is 0 Å². The zero-order chi connectivity index (χ0) is 22.1. The maximum absolute atomic E-state index is 12.6. The van der Waals surface area contributed by atoms with Gasteiger partial charge in [0.05, 0.1) is 5.56 Å². The molecule has 32 heavy (non-hydrogen) atoms. The summed E-state index contributed by atoms with van der Waals surface area (Å²) in [6, 6.07) is 24.9. The number of hydrogen-bond donors (Lipinski definition) is 1. The van der Waals surface area contributed by atoms with Crippen molar-refractivity contribution in [2.45, 2.75) is 13.3 Å². The van der Waals surface area contributed by atoms with E-state index in [0.717, 1.165) is 33.7 Å². The lowest BCUT2D eigenvalue weighted by molar-refractivity contribution is 0.0993. The topological polar surface area (TPSA) is 86.7 Å². The van der Waals surface area contributed by atoms with Gasteiger partial charge in [0.2, 0.25) is 0 Å². The number of hydrogen-bond acceptors (Lipinski definition) is 5. The van der Waals surface area contributed by atoms with Crippen LogP contribution >= 0.6 is 0 Å². The van der Waals surface area contributed by atoms with Crippen molar-refractivity contribution in [1.29, 1.82) is 0 Å². The molecule has 6 nitrogen and oxygen atoms in total. The number of rotatable bonds is 5. The molecule has 3 aromatic heterocycles. The van der Waals surface area contributed by atoms with Crippen LogP contribution < -0.4 is 5.73 Å². The van der Waals surface area contributed by atoms with Gasteiger partial charge in [-0.3, -0.25) is 9.36 Å². The van der Waals surface area contributed by atoms with Crippen LogP contribution in [0.4, 0.5) is 5.82 Å². The van der Waals surface area contributed by atoms with Gasteiger partial charge in [0.1, 0.15) is 11.3 Å². The Kier molecular flexibility index (Phi) is 4.95. The Morgan fingerprint density at radius 3 is 2.44 bits per heavy atom. The first kappa shape index (κ1) is 19.6. The van der Waals surface area contributed by atoms with Crippen LogP contribution in [0.1, 0.15) is 21.6 Å². The molecule has 0 atom stereocenters. The van der Waals surface area contributed by atoms with Crippen molar-refractivity contribution in [3.8, 4) is 17.1 Å². The van der Waals surface area contributed by atoms with Gasteiger partial charge in [-0.25, -0.2) is 15.0 Å². The smallest absolute Gasteiger partial charge is 0.167 e. The molecule has 0 aliphatic rings. The van der Waals surface area contributed by atoms with Gasteiger partial charge in [0.25, 0.3) is 0 Å². The Bertz CT molecular complexity index is 1420. The zero-order valence-corrected chi connectivity index (χ0v) is 17.6. The molecule has 0 spiro atoms. The van der Waals surface area contributed by atoms with Crippen molar-refractivity contribution in [3.05, 3.63) is 102 Å². The molecular weight excluding hydrogens is 398 g/mol. The summed E-state index contributed by atoms with van der Waals surface area (Å²) >= 11 is 0. The molecule has 6 heteroatoms. The monoisotopic (exact) mass is 419 g/mol. The molecule has 5 rings (SSSR count). The predicted molar refractivity (Wildman–Crippen MR) is 126 cm³/mol. The molecule has 5 aromatic rings. The molecule has 0 saturated heterocycles. The number of nitrogens with zero attached hydrogens (tertiary/aromatic N) is 4. The number of Topliss-reactive ketones (excluding diaryl/α,β-unsaturated/α-hetero) is 1. The van der Waals surface area contributed by atoms with Crippen molar-refractivity contribution < 1.29 is 4.79 Å². The lowest BCUT2D eigenvalue weighted by atomic mass is 10.0. The second-order valence-corrected chi connectivity index (χ2v) is 7.63. The number of anilines is 1. The highest BCUT2D eigenvalue weighted by atomic mass is 16.1. The first-order chi connectivity index (χ1) is 15.6. The molecular formula is C26H21N5O. The molecule has 0 bridgehead atoms. The first-order valence-electron chi connectivity index (χ1n) is 10.3. The summed E-state index contributed by atoms with van der Waals surface area (Å²) in [5, 5.41) is 0. The highest BCUT2D eigenvalue weighted by molar-refractivity contribution is 5.97. The highest BCUT2D eigenvalue weighted by Crippen LogP contribution is 2.30. The maximum Gasteiger partial charge on any atom is 0.167 e. The van der Waals surface area contributed by atoms with Crippen LogP contribution in [0.25, 0.3) is 28.2 Å². The van der Waals surface area contributed by atoms with E-state index in [1.54, 1.807) is 6.20 Å². The van der Waals surface area contributed by atoms with Gasteiger partial charge in [-0.15, -0.1) is 0 Å². The quantitative estimate of drug-likeness (QED) is 0.414. The number of pyridine rings is 2. The number of imidazole rings is 1. The Morgan fingerprint density at radius 2 is 1.69 bits per heavy atom. The fraction of sp³-hybridized carbons (Fsp3) is 0.0769. The van der Waals surface area contributed by atoms with Crippen LogP contribution in [-0.2, 0) is 6.42 Å². The van der Waals surface area contributed by atoms with E-state index < -0.39 is 0 Å². The van der Waals surface area contributed by atoms with Gasteiger partial charge in [-0.05, 0) is 48.9 Å². The molecule has 0 aliphatic heterocycles. The number of ketones is 1. The third-order valence-electron chi connectivity index (χ3n) is 5.38. The van der Waals surface area contributed by atoms with Gasteiger partial charge in [-0.2, -0.15) is 0 Å². The molecule has 0 radical (unpaired) electrons. The van der Waals surface area contributed by atoms with E-state index in [4.69, 9.17) is 15.7 Å². The maximum atomic E-state index is 12.6. The minimum atomic E-state index is 0.0903. The molecule has 0 unspecified atom stereocenters. The Labute approximate surface area is 185 Å². The first-order valence-corrected chi connectivity index (χ1v) is 10.3. The third kappa shape index (κ3) is 3.63. The van der Waals surface area contributed by atoms with E-state index in [0.29, 0.717) is 23.6 Å². The van der Waals surface area contributed by atoms with Gasteiger partial charge in [0, 0.05) is 29.6 Å². The average Bonchev–Trinajstić information content (AvgIpc) is 3.19. The number of carbonyl (C=O) groups is 1. The number of aromatic nitrogens is 4. The summed E-state index contributed by atoms with van der Waals surface area (Å²) in [5.41, 5.74) is 11.9. The molecule has 2 N–H and O–H groups in total. The van der Waals surface area contributed by atoms with Crippen molar-refractivity contribution >= 4 is 22.8 Å². The zero-order valence-electron chi connectivity index (χ0n) is 17.6. The lowest BCUT2D eigenvalue weighted by Gasteiger charge is -2.11. The van der Waals surface area contributed by atoms with E-state index in [-0.39, 0.29) is 5.78 Å². The Morgan fingerprint density at radius 1 is 0.906 bits per heavy atom. The number of benzene rings is 2. The fourth-order valence-corrected chi connectivity index (χ4v) is 3.76. The van der Waals surface area contributed by atoms with Gasteiger partial charge in [0.15, 0.2) is 17.3 Å². The second kappa shape index (κ2) is 8.07. The molecule has 2 aromatic carbocycles. The van der Waals surface area contributed by atoms with Gasteiger partial charge < -0.3 is 5.73 Å². The molecule has 0 aliphatic carbocycles. The van der Waals surface area contributed by atoms with Crippen LogP contribution in [0.5, 0.6) is 0 Å². The lowest BCUT2D eigenvalue weighted by Crippen LogP contribution is -2.04. The van der Waals surface area contributed by atoms with E-state index in [9.17, 15) is 4.79 Å². The second-order valence-electron chi connectivity index (χ2n) is 7.63. The van der Waals surface area contributed by atoms with E-state index in [1.807, 2.05) is 90.4 Å². The number of fused-ring (bicyclic) bond motifs is 1. The van der Waals surface area contributed by atoms with Crippen LogP contribution in [0.15, 0.2) is 85.1 Å². The summed E-state index contributed by atoms with van der Waals surface area (Å²) in [7, 11) is 0. The summed E-state index contributed by atoms with van der Waals surface area (Å²) in [4.78, 5) is 26.3. The van der Waals surface area contributed by atoms with Gasteiger partial charge in [-0.1, -0.05) is 42.5 Å². The SMILES string of the molecule is Cc1ccc2nc(-c3cccnc3N)n(-c3ccc(CC(=O)c4ccccc4)cc3)c2n1. The number of nitrogens with two attached hydrogens (primary N) is 1. The van der Waals surface area contributed by atoms with Gasteiger partial charge >= 0.3 is 0 Å². The molecule has 0 fully saturated rings. The molecule has 156 valence electrons. The summed E-state index contributed by atoms with van der Waals surface area (Å²) < 4.78 is 1.98. The summed E-state index contributed by atoms with van der Waals surface area (Å²) in [6.45, 7) is 1.95. The van der Waals surface area contributed by atoms with Crippen LogP contribution in [0.2, 0.25) is 0 Å². The van der Waals surface area contributed by atoms with E-state index in [2.05, 4.69) is 4.98 Å². The van der Waals surface area contributed by atoms with Crippen molar-refractivity contribution in [2.24, 2.45) is 0 Å². The predicted octanol–water partition coefficient (Wildman–Crippen LogP) is 4.80. The third-order valence-corrected chi connectivity index (χ3v) is 5.38. The van der Waals surface area contributed by atoms with Crippen molar-refractivity contribution in [2.75, 3.05) is 5.73 Å². The molecule has 3 heterocycles. The largest absolute Gasteiger partial charge is 0.383 e. The molecule has 0 saturated carbocycles. The van der Waals surface area contributed by atoms with Crippen molar-refractivity contribution in [3.63, 3.8) is 0 Å². The molecule has 0 amide bonds. The highest BCUT2D eigenvalue weighted by Gasteiger charge is 2.18. The Hall–Kier alpha value is -4.32. The fourth-order valence-electron chi connectivity index (χ4n) is 3.76. The van der Waals surface area contributed by atoms with Crippen molar-refractivity contribution in [1.82, 2.24) is 19.5 Å². The van der Waals surface area contributed by atoms with E-state index >= 15 is 0 Å². The standard InChI is InChI=1S/C26H21N5O/c1-17-9-14-22-26(29-17)31(25(30-22)21-8-5-15-28-24(21)27)20-12-10-18(11-13-20)16-23(32)19-6-3-2-4-7-19/h2-15H,16H2,1H3,(H2,27,28).